The summed E-state index contributed by atoms with van der Waals surface area (Å²) >= 11 is 1.74. The van der Waals surface area contributed by atoms with Crippen LogP contribution in [0.5, 0.6) is 0 Å². The molecule has 0 bridgehead atoms. The van der Waals surface area contributed by atoms with Crippen LogP contribution >= 0.6 is 0 Å². The van der Waals surface area contributed by atoms with Crippen molar-refractivity contribution in [2.45, 2.75) is 53.6 Å². The molecule has 0 saturated heterocycles. The van der Waals surface area contributed by atoms with Gasteiger partial charge >= 0.3 is 41.9 Å². The Morgan fingerprint density at radius 2 is 0.925 bits per heavy atom. The summed E-state index contributed by atoms with van der Waals surface area (Å²) in [6.45, 7) is 13.3. The Morgan fingerprint density at radius 3 is 1.25 bits per heavy atom. The molecule has 0 atom stereocenters. The van der Waals surface area contributed by atoms with Crippen LogP contribution < -0.4 is 0 Å². The van der Waals surface area contributed by atoms with Crippen molar-refractivity contribution >= 4 is 27.0 Å². The Hall–Kier alpha value is -2.80. The number of hydrogen-bond acceptors (Lipinski definition) is 0. The topological polar surface area (TPSA) is 0 Å². The molecule has 0 radical (unpaired) electrons. The third-order valence-corrected chi connectivity index (χ3v) is 7.14. The van der Waals surface area contributed by atoms with E-state index in [1.54, 1.807) is 23.3 Å². The molecular formula is C38H40SiZr. The van der Waals surface area contributed by atoms with Crippen molar-refractivity contribution in [2.24, 2.45) is 0 Å². The third kappa shape index (κ3) is 7.68. The molecule has 0 nitrogen and oxygen atoms in total. The first-order valence-corrected chi connectivity index (χ1v) is 20.5. The van der Waals surface area contributed by atoms with Crippen molar-refractivity contribution in [2.75, 3.05) is 0 Å². The van der Waals surface area contributed by atoms with Crippen molar-refractivity contribution < 1.29 is 23.3 Å². The Kier molecular flexibility index (Phi) is 10.7. The molecule has 0 unspecified atom stereocenters. The standard InChI is InChI=1S/2C18H17.C2H6Si.Zr/c2*1-3-14-7-9-15(10-8-14)17-6-4-5-16-11-13(2)12-18(16)17;1-3-2;/h2*4-12H,3H2,1-2H3;1-2H3;/q2*-1;;+2. The van der Waals surface area contributed by atoms with E-state index in [4.69, 9.17) is 0 Å². The van der Waals surface area contributed by atoms with E-state index in [2.05, 4.69) is 150 Å². The molecular weight excluding hydrogens is 576 g/mol. The molecule has 0 heterocycles. The monoisotopic (exact) mass is 614 g/mol. The fraction of sp³-hybridized carbons (Fsp3) is 0.211. The van der Waals surface area contributed by atoms with Crippen molar-refractivity contribution in [3.05, 3.63) is 131 Å². The number of hydrogen-bond donors (Lipinski definition) is 0. The van der Waals surface area contributed by atoms with Crippen molar-refractivity contribution in [1.29, 1.82) is 0 Å². The van der Waals surface area contributed by atoms with Gasteiger partial charge in [-0.1, -0.05) is 99.5 Å². The maximum atomic E-state index is 2.31. The molecule has 0 aromatic heterocycles. The van der Waals surface area contributed by atoms with E-state index in [0.29, 0.717) is 0 Å². The predicted octanol–water partition coefficient (Wildman–Crippen LogP) is 11.0. The van der Waals surface area contributed by atoms with E-state index in [1.165, 1.54) is 66.1 Å². The molecule has 200 valence electrons. The summed E-state index contributed by atoms with van der Waals surface area (Å²) < 4.78 is 0. The van der Waals surface area contributed by atoms with Gasteiger partial charge in [0.2, 0.25) is 0 Å². The van der Waals surface area contributed by atoms with Gasteiger partial charge in [-0.25, -0.2) is 0 Å². The van der Waals surface area contributed by atoms with E-state index in [1.807, 2.05) is 0 Å². The summed E-state index contributed by atoms with van der Waals surface area (Å²) in [6, 6.07) is 40.0. The molecule has 6 aromatic rings. The van der Waals surface area contributed by atoms with Crippen LogP contribution in [0.3, 0.4) is 0 Å². The minimum atomic E-state index is 0.210. The average molecular weight is 616 g/mol. The van der Waals surface area contributed by atoms with Crippen molar-refractivity contribution in [1.82, 2.24) is 0 Å². The first-order chi connectivity index (χ1) is 19.3. The van der Waals surface area contributed by atoms with E-state index >= 15 is 0 Å². The minimum absolute atomic E-state index is 0.210. The Bertz CT molecular complexity index is 1570. The molecule has 0 saturated carbocycles. The van der Waals surface area contributed by atoms with Gasteiger partial charge in [-0.2, -0.15) is 12.1 Å². The molecule has 40 heavy (non-hydrogen) atoms. The molecule has 0 aliphatic heterocycles. The van der Waals surface area contributed by atoms with Gasteiger partial charge in [0, 0.05) is 0 Å². The van der Waals surface area contributed by atoms with Gasteiger partial charge in [-0.05, 0) is 35.1 Å². The molecule has 6 rings (SSSR count). The maximum absolute atomic E-state index is 2.31. The van der Waals surface area contributed by atoms with Crippen LogP contribution in [0, 0.1) is 13.8 Å². The Balaban J connectivity index is 0.000000164. The van der Waals surface area contributed by atoms with Gasteiger partial charge < -0.3 is 0 Å². The number of benzene rings is 4. The summed E-state index contributed by atoms with van der Waals surface area (Å²) in [5.41, 5.74) is 11.0. The second-order valence-corrected chi connectivity index (χ2v) is 20.2. The normalized spacial score (nSPS) is 10.6. The average Bonchev–Trinajstić information content (AvgIpc) is 3.53. The summed E-state index contributed by atoms with van der Waals surface area (Å²) in [7, 11) is 0. The zero-order valence-corrected chi connectivity index (χ0v) is 28.3. The van der Waals surface area contributed by atoms with Gasteiger partial charge in [0.15, 0.2) is 0 Å². The SMILES string of the molecule is CCc1ccc(-c2cccc3[cH-]c(C)cc23)cc1.CCc1ccc(-c2cccc3[cH-]c(C)cc23)cc1.C[Si](C)=[Zr+2]. The number of rotatable bonds is 4. The molecule has 0 N–H and O–H groups in total. The summed E-state index contributed by atoms with van der Waals surface area (Å²) in [4.78, 5) is 0. The first-order valence-electron chi connectivity index (χ1n) is 14.3. The van der Waals surface area contributed by atoms with Crippen LogP contribution in [0.1, 0.15) is 36.1 Å². The molecule has 6 aromatic carbocycles. The van der Waals surface area contributed by atoms with E-state index < -0.39 is 0 Å². The van der Waals surface area contributed by atoms with Gasteiger partial charge in [-0.15, -0.1) is 69.1 Å². The van der Waals surface area contributed by atoms with Crippen LogP contribution in [-0.4, -0.2) is 5.43 Å². The molecule has 0 aliphatic carbocycles. The summed E-state index contributed by atoms with van der Waals surface area (Å²) in [5, 5.41) is 5.40. The predicted molar refractivity (Wildman–Crippen MR) is 176 cm³/mol. The third-order valence-electron chi connectivity index (χ3n) is 7.14. The van der Waals surface area contributed by atoms with Gasteiger partial charge in [0.25, 0.3) is 0 Å². The summed E-state index contributed by atoms with van der Waals surface area (Å²) in [6.07, 6.45) is 2.19. The fourth-order valence-corrected chi connectivity index (χ4v) is 5.11. The summed E-state index contributed by atoms with van der Waals surface area (Å²) in [5.74, 6) is 0. The zero-order chi connectivity index (χ0) is 28.6. The fourth-order valence-electron chi connectivity index (χ4n) is 5.11. The van der Waals surface area contributed by atoms with Crippen LogP contribution in [0.15, 0.2) is 109 Å². The Morgan fingerprint density at radius 1 is 0.575 bits per heavy atom. The van der Waals surface area contributed by atoms with Gasteiger partial charge in [-0.3, -0.25) is 0 Å². The van der Waals surface area contributed by atoms with Crippen molar-refractivity contribution in [3.63, 3.8) is 0 Å². The van der Waals surface area contributed by atoms with Crippen LogP contribution in [-0.2, 0) is 36.2 Å². The van der Waals surface area contributed by atoms with E-state index in [9.17, 15) is 0 Å². The van der Waals surface area contributed by atoms with Crippen LogP contribution in [0.25, 0.3) is 43.8 Å². The Labute approximate surface area is 256 Å². The van der Waals surface area contributed by atoms with Crippen molar-refractivity contribution in [3.8, 4) is 22.3 Å². The second-order valence-electron chi connectivity index (χ2n) is 10.8. The molecule has 0 spiro atoms. The van der Waals surface area contributed by atoms with E-state index in [0.717, 1.165) is 12.8 Å². The molecule has 2 heteroatoms. The second kappa shape index (κ2) is 14.2. The van der Waals surface area contributed by atoms with Gasteiger partial charge in [0.1, 0.15) is 0 Å². The molecule has 0 fully saturated rings. The first kappa shape index (κ1) is 30.2. The number of aryl methyl sites for hydroxylation is 4. The van der Waals surface area contributed by atoms with Gasteiger partial charge in [0.05, 0.1) is 0 Å². The van der Waals surface area contributed by atoms with E-state index in [-0.39, 0.29) is 5.43 Å². The number of fused-ring (bicyclic) bond motifs is 2. The van der Waals surface area contributed by atoms with Crippen LogP contribution in [0.4, 0.5) is 0 Å². The quantitative estimate of drug-likeness (QED) is 0.137. The zero-order valence-electron chi connectivity index (χ0n) is 24.8. The molecule has 0 amide bonds. The van der Waals surface area contributed by atoms with Crippen LogP contribution in [0.2, 0.25) is 13.1 Å². The molecule has 0 aliphatic rings.